The average Bonchev–Trinajstić information content (AvgIpc) is 2.61. The van der Waals surface area contributed by atoms with Crippen LogP contribution in [0.3, 0.4) is 0 Å². The van der Waals surface area contributed by atoms with Crippen LogP contribution in [0.2, 0.25) is 5.02 Å². The maximum absolute atomic E-state index is 5.94. The third kappa shape index (κ3) is 1.96. The molecule has 1 heterocycles. The maximum atomic E-state index is 5.94. The molecule has 0 saturated heterocycles. The minimum absolute atomic E-state index is 0.691. The van der Waals surface area contributed by atoms with Crippen LogP contribution in [0.25, 0.3) is 0 Å². The lowest BCUT2D eigenvalue weighted by molar-refractivity contribution is 1.16. The van der Waals surface area contributed by atoms with Gasteiger partial charge in [-0.1, -0.05) is 28.2 Å². The Morgan fingerprint density at radius 2 is 2.15 bits per heavy atom. The van der Waals surface area contributed by atoms with Crippen molar-refractivity contribution in [1.82, 2.24) is 9.59 Å². The van der Waals surface area contributed by atoms with E-state index in [1.807, 2.05) is 24.3 Å². The number of rotatable bonds is 2. The number of nitrogens with zero attached hydrogens (tertiary/aromatic N) is 2. The molecule has 2 aromatic rings. The van der Waals surface area contributed by atoms with Gasteiger partial charge in [-0.15, -0.1) is 5.10 Å². The van der Waals surface area contributed by atoms with Gasteiger partial charge in [-0.05, 0) is 12.1 Å². The molecule has 0 aliphatic rings. The first-order valence-corrected chi connectivity index (χ1v) is 4.80. The van der Waals surface area contributed by atoms with Crippen molar-refractivity contribution >= 4 is 33.8 Å². The van der Waals surface area contributed by atoms with Gasteiger partial charge in [0, 0.05) is 11.5 Å². The van der Waals surface area contributed by atoms with Crippen molar-refractivity contribution in [2.24, 2.45) is 0 Å². The zero-order valence-electron chi connectivity index (χ0n) is 6.57. The molecule has 0 atom stereocenters. The van der Waals surface area contributed by atoms with E-state index in [1.165, 1.54) is 11.5 Å². The van der Waals surface area contributed by atoms with E-state index >= 15 is 0 Å². The minimum Gasteiger partial charge on any atom is -0.343 e. The number of hydrogen-bond donors (Lipinski definition) is 1. The van der Waals surface area contributed by atoms with Crippen LogP contribution in [-0.2, 0) is 0 Å². The van der Waals surface area contributed by atoms with E-state index < -0.39 is 0 Å². The van der Waals surface area contributed by atoms with Crippen LogP contribution in [0.4, 0.5) is 10.7 Å². The van der Waals surface area contributed by atoms with Crippen molar-refractivity contribution in [1.29, 1.82) is 0 Å². The van der Waals surface area contributed by atoms with E-state index in [4.69, 9.17) is 11.6 Å². The van der Waals surface area contributed by atoms with Crippen molar-refractivity contribution in [2.45, 2.75) is 0 Å². The molecule has 0 bridgehead atoms. The molecule has 2 rings (SSSR count). The maximum Gasteiger partial charge on any atom is 0.134 e. The van der Waals surface area contributed by atoms with Crippen molar-refractivity contribution in [3.8, 4) is 0 Å². The second-order valence-electron chi connectivity index (χ2n) is 2.39. The van der Waals surface area contributed by atoms with Crippen LogP contribution in [0.15, 0.2) is 30.5 Å². The van der Waals surface area contributed by atoms with Crippen LogP contribution in [0.5, 0.6) is 0 Å². The number of anilines is 2. The fourth-order valence-electron chi connectivity index (χ4n) is 0.918. The molecule has 0 fully saturated rings. The summed E-state index contributed by atoms with van der Waals surface area (Å²) in [6, 6.07) is 7.54. The fourth-order valence-corrected chi connectivity index (χ4v) is 1.53. The molecule has 1 aromatic heterocycles. The summed E-state index contributed by atoms with van der Waals surface area (Å²) in [5.74, 6) is 0. The second kappa shape index (κ2) is 3.72. The monoisotopic (exact) mass is 211 g/mol. The summed E-state index contributed by atoms with van der Waals surface area (Å²) in [5, 5.41) is 8.40. The summed E-state index contributed by atoms with van der Waals surface area (Å²) in [6.45, 7) is 0. The van der Waals surface area contributed by atoms with Gasteiger partial charge in [0.15, 0.2) is 0 Å². The van der Waals surface area contributed by atoms with Gasteiger partial charge in [-0.2, -0.15) is 0 Å². The van der Waals surface area contributed by atoms with E-state index in [0.29, 0.717) is 5.02 Å². The van der Waals surface area contributed by atoms with E-state index in [0.717, 1.165) is 10.7 Å². The van der Waals surface area contributed by atoms with E-state index in [9.17, 15) is 0 Å². The number of para-hydroxylation sites is 1. The smallest absolute Gasteiger partial charge is 0.134 e. The summed E-state index contributed by atoms with van der Waals surface area (Å²) in [4.78, 5) is 0. The Bertz CT molecular complexity index is 388. The highest BCUT2D eigenvalue weighted by Gasteiger charge is 1.99. The van der Waals surface area contributed by atoms with Crippen molar-refractivity contribution < 1.29 is 0 Å². The number of benzene rings is 1. The summed E-state index contributed by atoms with van der Waals surface area (Å²) < 4.78 is 3.73. The lowest BCUT2D eigenvalue weighted by atomic mass is 10.3. The van der Waals surface area contributed by atoms with E-state index in [-0.39, 0.29) is 0 Å². The molecule has 0 aliphatic carbocycles. The lowest BCUT2D eigenvalue weighted by Gasteiger charge is -2.03. The zero-order valence-corrected chi connectivity index (χ0v) is 8.14. The first kappa shape index (κ1) is 8.47. The fraction of sp³-hybridized carbons (Fsp3) is 0. The third-order valence-corrected chi connectivity index (χ3v) is 2.40. The van der Waals surface area contributed by atoms with Gasteiger partial charge in [0.05, 0.1) is 16.9 Å². The van der Waals surface area contributed by atoms with Crippen LogP contribution in [-0.4, -0.2) is 9.59 Å². The normalized spacial score (nSPS) is 9.92. The molecule has 3 nitrogen and oxygen atoms in total. The highest BCUT2D eigenvalue weighted by molar-refractivity contribution is 7.09. The third-order valence-electron chi connectivity index (χ3n) is 1.49. The van der Waals surface area contributed by atoms with Crippen molar-refractivity contribution in [2.75, 3.05) is 5.32 Å². The molecule has 66 valence electrons. The quantitative estimate of drug-likeness (QED) is 0.830. The van der Waals surface area contributed by atoms with Gasteiger partial charge >= 0.3 is 0 Å². The van der Waals surface area contributed by atoms with Gasteiger partial charge in [0.1, 0.15) is 5.00 Å². The zero-order chi connectivity index (χ0) is 9.10. The van der Waals surface area contributed by atoms with Crippen molar-refractivity contribution in [3.63, 3.8) is 0 Å². The molecule has 1 aromatic carbocycles. The molecule has 0 amide bonds. The van der Waals surface area contributed by atoms with Crippen LogP contribution in [0, 0.1) is 0 Å². The van der Waals surface area contributed by atoms with Gasteiger partial charge in [0.2, 0.25) is 0 Å². The summed E-state index contributed by atoms with van der Waals surface area (Å²) in [6.07, 6.45) is 1.66. The van der Waals surface area contributed by atoms with Crippen LogP contribution >= 0.6 is 23.1 Å². The number of nitrogens with one attached hydrogen (secondary N) is 1. The SMILES string of the molecule is Clc1ccccc1Nc1cnns1. The Morgan fingerprint density at radius 1 is 1.31 bits per heavy atom. The predicted octanol–water partition coefficient (Wildman–Crippen LogP) is 2.94. The summed E-state index contributed by atoms with van der Waals surface area (Å²) in [5.41, 5.74) is 0.871. The number of halogens is 1. The first-order valence-electron chi connectivity index (χ1n) is 3.65. The number of hydrogen-bond acceptors (Lipinski definition) is 4. The Hall–Kier alpha value is -1.13. The molecule has 0 saturated carbocycles. The average molecular weight is 212 g/mol. The van der Waals surface area contributed by atoms with Gasteiger partial charge < -0.3 is 5.32 Å². The molecule has 0 radical (unpaired) electrons. The number of aromatic nitrogens is 2. The molecule has 5 heteroatoms. The standard InChI is InChI=1S/C8H6ClN3S/c9-6-3-1-2-4-7(6)11-8-5-10-12-13-8/h1-5,11H. The first-order chi connectivity index (χ1) is 6.36. The largest absolute Gasteiger partial charge is 0.343 e. The van der Waals surface area contributed by atoms with Crippen molar-refractivity contribution in [3.05, 3.63) is 35.5 Å². The van der Waals surface area contributed by atoms with Gasteiger partial charge in [0.25, 0.3) is 0 Å². The van der Waals surface area contributed by atoms with Crippen LogP contribution < -0.4 is 5.32 Å². The summed E-state index contributed by atoms with van der Waals surface area (Å²) in [7, 11) is 0. The van der Waals surface area contributed by atoms with Gasteiger partial charge in [-0.3, -0.25) is 0 Å². The molecule has 0 aliphatic heterocycles. The van der Waals surface area contributed by atoms with Crippen LogP contribution in [0.1, 0.15) is 0 Å². The topological polar surface area (TPSA) is 37.8 Å². The Morgan fingerprint density at radius 3 is 2.85 bits per heavy atom. The Balaban J connectivity index is 2.24. The summed E-state index contributed by atoms with van der Waals surface area (Å²) >= 11 is 7.24. The highest BCUT2D eigenvalue weighted by Crippen LogP contribution is 2.25. The molecular formula is C8H6ClN3S. The molecule has 1 N–H and O–H groups in total. The molecule has 0 unspecified atom stereocenters. The second-order valence-corrected chi connectivity index (χ2v) is 3.58. The van der Waals surface area contributed by atoms with E-state index in [2.05, 4.69) is 14.9 Å². The lowest BCUT2D eigenvalue weighted by Crippen LogP contribution is -1.87. The minimum atomic E-state index is 0.691. The highest BCUT2D eigenvalue weighted by atomic mass is 35.5. The Kier molecular flexibility index (Phi) is 2.42. The predicted molar refractivity (Wildman–Crippen MR) is 54.6 cm³/mol. The Labute approximate surface area is 84.5 Å². The molecule has 0 spiro atoms. The molecule has 13 heavy (non-hydrogen) atoms. The van der Waals surface area contributed by atoms with E-state index in [1.54, 1.807) is 6.20 Å². The van der Waals surface area contributed by atoms with Gasteiger partial charge in [-0.25, -0.2) is 0 Å². The molecular weight excluding hydrogens is 206 g/mol.